The Morgan fingerprint density at radius 2 is 1.75 bits per heavy atom. The van der Waals surface area contributed by atoms with Crippen LogP contribution in [0.4, 0.5) is 0 Å². The first-order valence-corrected chi connectivity index (χ1v) is 17.0. The summed E-state index contributed by atoms with van der Waals surface area (Å²) in [5.41, 5.74) is 7.75. The Labute approximate surface area is 313 Å². The number of esters is 2. The maximum absolute atomic E-state index is 14.2. The molecule has 0 saturated carbocycles. The van der Waals surface area contributed by atoms with Gasteiger partial charge in [-0.2, -0.15) is 5.70 Å². The molecule has 3 aromatic rings. The van der Waals surface area contributed by atoms with Crippen LogP contribution in [0.2, 0.25) is 0 Å². The monoisotopic (exact) mass is 698 g/mol. The van der Waals surface area contributed by atoms with Gasteiger partial charge < -0.3 is 34.8 Å². The second-order valence-electron chi connectivity index (χ2n) is 13.4. The fourth-order valence-electron chi connectivity index (χ4n) is 7.51. The summed E-state index contributed by atoms with van der Waals surface area (Å²) in [5.74, 6) is -3.04. The summed E-state index contributed by atoms with van der Waals surface area (Å²) in [4.78, 5) is 55.3. The molecule has 0 spiro atoms. The van der Waals surface area contributed by atoms with Gasteiger partial charge in [0.1, 0.15) is 12.5 Å². The minimum absolute atomic E-state index is 0. The number of fused-ring (bicyclic) bond motifs is 8. The van der Waals surface area contributed by atoms with E-state index in [0.29, 0.717) is 67.9 Å². The van der Waals surface area contributed by atoms with Crippen LogP contribution in [0.25, 0.3) is 41.5 Å². The van der Waals surface area contributed by atoms with Crippen molar-refractivity contribution in [1.29, 1.82) is 0 Å². The molecule has 1 saturated heterocycles. The van der Waals surface area contributed by atoms with Crippen molar-refractivity contribution >= 4 is 76.9 Å². The summed E-state index contributed by atoms with van der Waals surface area (Å²) in [6, 6.07) is -0.642. The number of Topliss-reactive ketones (excluding diaryl/α,β-unsaturated/α-hetero) is 1. The molecule has 5 heterocycles. The van der Waals surface area contributed by atoms with Crippen molar-refractivity contribution < 1.29 is 29.0 Å². The van der Waals surface area contributed by atoms with E-state index < -0.39 is 17.9 Å². The van der Waals surface area contributed by atoms with Crippen molar-refractivity contribution in [3.05, 3.63) is 95.4 Å². The fourth-order valence-corrected chi connectivity index (χ4v) is 7.51. The van der Waals surface area contributed by atoms with Crippen molar-refractivity contribution in [1.82, 2.24) is 15.0 Å². The minimum Gasteiger partial charge on any atom is -0.681 e. The van der Waals surface area contributed by atoms with Crippen molar-refractivity contribution in [2.75, 3.05) is 13.7 Å². The average molecular weight is 699 g/mol. The Morgan fingerprint density at radius 1 is 1.02 bits per heavy atom. The molecule has 3 aliphatic rings. The fraction of sp³-hybridized carbons (Fsp3) is 0.375. The number of aromatic nitrogens is 3. The van der Waals surface area contributed by atoms with Crippen molar-refractivity contribution in [3.8, 4) is 0 Å². The molecule has 1 aliphatic carbocycles. The van der Waals surface area contributed by atoms with E-state index in [1.165, 1.54) is 7.11 Å². The Morgan fingerprint density at radius 3 is 2.39 bits per heavy atom. The van der Waals surface area contributed by atoms with Crippen molar-refractivity contribution in [3.63, 3.8) is 0 Å². The van der Waals surface area contributed by atoms with Gasteiger partial charge in [-0.1, -0.05) is 78.6 Å². The molecule has 10 nitrogen and oxygen atoms in total. The zero-order valence-corrected chi connectivity index (χ0v) is 31.7. The Hall–Kier alpha value is -4.48. The zero-order valence-electron chi connectivity index (χ0n) is 30.3. The summed E-state index contributed by atoms with van der Waals surface area (Å²) in [6.07, 6.45) is 11.4. The predicted octanol–water partition coefficient (Wildman–Crippen LogP) is 2.74. The van der Waals surface area contributed by atoms with Crippen LogP contribution in [0.3, 0.4) is 0 Å². The molecule has 11 heteroatoms. The van der Waals surface area contributed by atoms with E-state index in [1.54, 1.807) is 6.08 Å². The van der Waals surface area contributed by atoms with Gasteiger partial charge in [0.15, 0.2) is 5.78 Å². The summed E-state index contributed by atoms with van der Waals surface area (Å²) < 4.78 is 10.7. The molecule has 51 heavy (non-hydrogen) atoms. The Balaban J connectivity index is 0.00000504. The van der Waals surface area contributed by atoms with Crippen LogP contribution in [-0.2, 0) is 25.5 Å². The molecule has 2 aliphatic heterocycles. The molecule has 6 rings (SSSR count). The summed E-state index contributed by atoms with van der Waals surface area (Å²) in [7, 11) is 1.27. The van der Waals surface area contributed by atoms with Crippen LogP contribution in [-0.4, -0.2) is 65.6 Å². The van der Waals surface area contributed by atoms with E-state index in [4.69, 9.17) is 29.7 Å². The summed E-state index contributed by atoms with van der Waals surface area (Å²) in [5, 5.41) is 17.7. The second-order valence-corrected chi connectivity index (χ2v) is 13.4. The number of allylic oxidation sites excluding steroid dienone is 2. The first-order valence-electron chi connectivity index (χ1n) is 17.0. The van der Waals surface area contributed by atoms with Crippen LogP contribution in [0.15, 0.2) is 23.9 Å². The molecular formula is C40H42MgN4O6-2. The molecule has 0 amide bonds. The zero-order chi connectivity index (χ0) is 36.0. The van der Waals surface area contributed by atoms with Crippen LogP contribution in [0.5, 0.6) is 0 Å². The molecular weight excluding hydrogens is 657 g/mol. The van der Waals surface area contributed by atoms with Gasteiger partial charge in [-0.3, -0.25) is 14.4 Å². The van der Waals surface area contributed by atoms with E-state index in [0.717, 1.165) is 34.2 Å². The maximum atomic E-state index is 14.2. The number of carbonyl (C=O) groups excluding carboxylic acids is 3. The van der Waals surface area contributed by atoms with E-state index >= 15 is 0 Å². The van der Waals surface area contributed by atoms with Crippen LogP contribution in [0.1, 0.15) is 90.2 Å². The molecule has 1 unspecified atom stereocenters. The molecule has 262 valence electrons. The molecule has 0 radical (unpaired) electrons. The van der Waals surface area contributed by atoms with Crippen LogP contribution < -0.4 is 36.2 Å². The first-order chi connectivity index (χ1) is 23.9. The Kier molecular flexibility index (Phi) is 11.1. The van der Waals surface area contributed by atoms with Gasteiger partial charge in [0.05, 0.1) is 13.4 Å². The summed E-state index contributed by atoms with van der Waals surface area (Å²) >= 11 is 0. The van der Waals surface area contributed by atoms with E-state index in [9.17, 15) is 19.5 Å². The quantitative estimate of drug-likeness (QED) is 0.162. The van der Waals surface area contributed by atoms with E-state index in [1.807, 2.05) is 65.8 Å². The number of hydrogen-bond donors (Lipinski definition) is 1. The number of methoxy groups -OCH3 is 1. The van der Waals surface area contributed by atoms with Crippen molar-refractivity contribution in [2.45, 2.75) is 66.8 Å². The molecule has 1 N–H and O–H groups in total. The standard InChI is InChI=1S/C40H42N4O6.Mg/c1-9-23-20(5)27-15-28-21(6)25(11-12-33(46)50-14-13-19(3)4)37(43-28)35-36(40(48)49-8)39(47)34-22(7)29(44-38(34)35)16-31-24(10-2)26(18-45)32(42-31)17-30(23)41-27;/h9,13,15-18,21,25,36-37H,1,10-12,14H2,2-8H3,(H,45,47);/q-4;+2/b28-15+,32-17-;/t21-,25-,36+,37?;/m0./s1. The molecule has 4 atom stereocenters. The van der Waals surface area contributed by atoms with Gasteiger partial charge in [0, 0.05) is 12.0 Å². The van der Waals surface area contributed by atoms with Gasteiger partial charge in [-0.15, -0.1) is 33.1 Å². The smallest absolute Gasteiger partial charge is 0.681 e. The Bertz CT molecular complexity index is 2240. The third-order valence-electron chi connectivity index (χ3n) is 10.3. The average Bonchev–Trinajstić information content (AvgIpc) is 3.83. The number of aliphatic hydroxyl groups is 1. The largest absolute Gasteiger partial charge is 2.00 e. The number of aliphatic hydroxyl groups excluding tert-OH is 1. The van der Waals surface area contributed by atoms with Crippen LogP contribution in [0, 0.1) is 31.6 Å². The first kappa shape index (κ1) is 37.8. The maximum Gasteiger partial charge on any atom is 2.00 e. The number of ether oxygens (including phenoxy) is 2. The molecule has 0 aromatic carbocycles. The normalized spacial score (nSPS) is 22.8. The molecule has 3 aromatic heterocycles. The SMILES string of the molecule is C=Cc1c2[n-]c(c1C)/C=C1/[N-]C(C3=c4[n-]/c(c(C)c4C(=O)[C@@H]3C(=O)OC)=C\c3[n-]c(/c(=C\O)c3CC)=C\2)[C@@H](CCC(=O)OCC=C(C)C)[C@@H]1C.[Mg+2]. The molecule has 8 bridgehead atoms. The van der Waals surface area contributed by atoms with Gasteiger partial charge in [0.25, 0.3) is 0 Å². The number of carbonyl (C=O) groups is 3. The minimum atomic E-state index is -1.21. The third kappa shape index (κ3) is 6.57. The number of nitrogens with zero attached hydrogens (tertiary/aromatic N) is 4. The number of ketones is 1. The van der Waals surface area contributed by atoms with Crippen LogP contribution >= 0.6 is 0 Å². The topological polar surface area (TPSA) is 146 Å². The molecule has 1 fully saturated rings. The number of hydrogen-bond acceptors (Lipinski definition) is 6. The third-order valence-corrected chi connectivity index (χ3v) is 10.3. The van der Waals surface area contributed by atoms with Gasteiger partial charge in [-0.25, -0.2) is 0 Å². The van der Waals surface area contributed by atoms with E-state index in [-0.39, 0.29) is 59.7 Å². The van der Waals surface area contributed by atoms with Gasteiger partial charge >= 0.3 is 35.0 Å². The predicted molar refractivity (Wildman–Crippen MR) is 197 cm³/mol. The number of rotatable bonds is 8. The van der Waals surface area contributed by atoms with Crippen molar-refractivity contribution in [2.24, 2.45) is 17.8 Å². The second kappa shape index (κ2) is 15.0. The van der Waals surface area contributed by atoms with Gasteiger partial charge in [-0.05, 0) is 69.2 Å². The van der Waals surface area contributed by atoms with Gasteiger partial charge in [0.2, 0.25) is 0 Å². The van der Waals surface area contributed by atoms with E-state index in [2.05, 4.69) is 6.58 Å². The summed E-state index contributed by atoms with van der Waals surface area (Å²) in [6.45, 7) is 15.9.